The lowest BCUT2D eigenvalue weighted by molar-refractivity contribution is 0.0928. The van der Waals surface area contributed by atoms with E-state index in [-0.39, 0.29) is 11.9 Å². The van der Waals surface area contributed by atoms with Gasteiger partial charge in [0.25, 0.3) is 5.91 Å². The molecule has 1 aromatic carbocycles. The van der Waals surface area contributed by atoms with Gasteiger partial charge >= 0.3 is 0 Å². The molecule has 2 atom stereocenters. The molecule has 146 valence electrons. The molecule has 1 amide bonds. The summed E-state index contributed by atoms with van der Waals surface area (Å²) in [6.45, 7) is 7.07. The zero-order valence-corrected chi connectivity index (χ0v) is 16.7. The van der Waals surface area contributed by atoms with Crippen LogP contribution in [0.4, 0.5) is 0 Å². The van der Waals surface area contributed by atoms with Crippen LogP contribution in [0, 0.1) is 12.8 Å². The lowest BCUT2D eigenvalue weighted by atomic mass is 10.00. The molecule has 1 N–H and O–H groups in total. The first-order valence-corrected chi connectivity index (χ1v) is 9.88. The standard InChI is InChI=1S/C22H27N5O/c1-15-11-19(20-12-23-26(3)21(20)24-15)22(28)25-16(2)18-9-10-27(14-18)13-17-7-5-4-6-8-17/h4-8,11-12,16,18H,9-10,13-14H2,1-3H3,(H,25,28)/t16-,18-/m1/s1. The van der Waals surface area contributed by atoms with Gasteiger partial charge in [0.15, 0.2) is 5.65 Å². The molecular formula is C22H27N5O. The highest BCUT2D eigenvalue weighted by Crippen LogP contribution is 2.23. The summed E-state index contributed by atoms with van der Waals surface area (Å²) < 4.78 is 1.71. The summed E-state index contributed by atoms with van der Waals surface area (Å²) in [4.78, 5) is 19.9. The predicted molar refractivity (Wildman–Crippen MR) is 110 cm³/mol. The Hall–Kier alpha value is -2.73. The zero-order valence-electron chi connectivity index (χ0n) is 16.7. The lowest BCUT2D eigenvalue weighted by Crippen LogP contribution is -2.39. The van der Waals surface area contributed by atoms with Crippen LogP contribution in [0.2, 0.25) is 0 Å². The molecule has 0 bridgehead atoms. The number of aryl methyl sites for hydroxylation is 2. The van der Waals surface area contributed by atoms with Gasteiger partial charge < -0.3 is 5.32 Å². The fourth-order valence-corrected chi connectivity index (χ4v) is 4.09. The highest BCUT2D eigenvalue weighted by molar-refractivity contribution is 6.05. The largest absolute Gasteiger partial charge is 0.349 e. The molecule has 2 aromatic heterocycles. The van der Waals surface area contributed by atoms with E-state index < -0.39 is 0 Å². The van der Waals surface area contributed by atoms with E-state index in [1.807, 2.05) is 26.1 Å². The number of amides is 1. The van der Waals surface area contributed by atoms with Crippen molar-refractivity contribution in [3.8, 4) is 0 Å². The van der Waals surface area contributed by atoms with Crippen LogP contribution in [0.1, 0.15) is 35.0 Å². The Labute approximate surface area is 165 Å². The number of nitrogens with zero attached hydrogens (tertiary/aromatic N) is 4. The SMILES string of the molecule is Cc1cc(C(=O)N[C@H](C)[C@@H]2CCN(Cc3ccccc3)C2)c2cnn(C)c2n1. The van der Waals surface area contributed by atoms with E-state index in [1.54, 1.807) is 10.9 Å². The predicted octanol–water partition coefficient (Wildman–Crippen LogP) is 2.92. The average molecular weight is 377 g/mol. The van der Waals surface area contributed by atoms with Crippen LogP contribution in [-0.2, 0) is 13.6 Å². The minimum atomic E-state index is -0.0440. The Morgan fingerprint density at radius 2 is 2.11 bits per heavy atom. The maximum atomic E-state index is 13.0. The molecule has 1 fully saturated rings. The first kappa shape index (κ1) is 18.6. The van der Waals surface area contributed by atoms with E-state index in [1.165, 1.54) is 5.56 Å². The van der Waals surface area contributed by atoms with Gasteiger partial charge in [-0.25, -0.2) is 4.98 Å². The molecule has 3 heterocycles. The fourth-order valence-electron chi connectivity index (χ4n) is 4.09. The van der Waals surface area contributed by atoms with Crippen molar-refractivity contribution in [3.63, 3.8) is 0 Å². The van der Waals surface area contributed by atoms with Gasteiger partial charge in [0, 0.05) is 31.9 Å². The van der Waals surface area contributed by atoms with Crippen LogP contribution in [0.5, 0.6) is 0 Å². The summed E-state index contributed by atoms with van der Waals surface area (Å²) in [5.41, 5.74) is 3.56. The van der Waals surface area contributed by atoms with Gasteiger partial charge in [0.05, 0.1) is 17.1 Å². The normalized spacial score (nSPS) is 18.5. The first-order chi connectivity index (χ1) is 13.5. The summed E-state index contributed by atoms with van der Waals surface area (Å²) >= 11 is 0. The van der Waals surface area contributed by atoms with Crippen molar-refractivity contribution in [3.05, 3.63) is 59.4 Å². The first-order valence-electron chi connectivity index (χ1n) is 9.88. The molecule has 4 rings (SSSR count). The average Bonchev–Trinajstić information content (AvgIpc) is 3.29. The zero-order chi connectivity index (χ0) is 19.7. The van der Waals surface area contributed by atoms with E-state index >= 15 is 0 Å². The summed E-state index contributed by atoms with van der Waals surface area (Å²) in [6, 6.07) is 12.5. The molecule has 0 radical (unpaired) electrons. The maximum Gasteiger partial charge on any atom is 0.252 e. The van der Waals surface area contributed by atoms with Crippen LogP contribution in [-0.4, -0.2) is 44.7 Å². The lowest BCUT2D eigenvalue weighted by Gasteiger charge is -2.22. The second-order valence-corrected chi connectivity index (χ2v) is 7.85. The van der Waals surface area contributed by atoms with Gasteiger partial charge in [-0.3, -0.25) is 14.4 Å². The second-order valence-electron chi connectivity index (χ2n) is 7.85. The Balaban J connectivity index is 1.41. The Kier molecular flexibility index (Phi) is 5.13. The number of pyridine rings is 1. The number of likely N-dealkylation sites (tertiary alicyclic amines) is 1. The van der Waals surface area contributed by atoms with E-state index in [0.29, 0.717) is 11.5 Å². The quantitative estimate of drug-likeness (QED) is 0.743. The molecule has 6 heteroatoms. The summed E-state index contributed by atoms with van der Waals surface area (Å²) in [5.74, 6) is 0.414. The second kappa shape index (κ2) is 7.72. The molecule has 1 saturated heterocycles. The van der Waals surface area contributed by atoms with Gasteiger partial charge in [-0.2, -0.15) is 5.10 Å². The van der Waals surface area contributed by atoms with Crippen LogP contribution >= 0.6 is 0 Å². The third kappa shape index (κ3) is 3.78. The van der Waals surface area contributed by atoms with E-state index in [9.17, 15) is 4.79 Å². The molecule has 1 aliphatic rings. The minimum Gasteiger partial charge on any atom is -0.349 e. The minimum absolute atomic E-state index is 0.0440. The molecule has 0 aliphatic carbocycles. The third-order valence-corrected chi connectivity index (χ3v) is 5.70. The Morgan fingerprint density at radius 1 is 1.32 bits per heavy atom. The van der Waals surface area contributed by atoms with Crippen molar-refractivity contribution < 1.29 is 4.79 Å². The van der Waals surface area contributed by atoms with Crippen molar-refractivity contribution in [1.29, 1.82) is 0 Å². The van der Waals surface area contributed by atoms with Crippen molar-refractivity contribution in [1.82, 2.24) is 25.0 Å². The van der Waals surface area contributed by atoms with Crippen LogP contribution in [0.3, 0.4) is 0 Å². The molecule has 0 spiro atoms. The van der Waals surface area contributed by atoms with Gasteiger partial charge in [-0.1, -0.05) is 30.3 Å². The molecule has 28 heavy (non-hydrogen) atoms. The number of aromatic nitrogens is 3. The number of carbonyl (C=O) groups excluding carboxylic acids is 1. The summed E-state index contributed by atoms with van der Waals surface area (Å²) in [7, 11) is 1.85. The van der Waals surface area contributed by atoms with E-state index in [4.69, 9.17) is 0 Å². The van der Waals surface area contributed by atoms with Gasteiger partial charge in [-0.05, 0) is 44.4 Å². The van der Waals surface area contributed by atoms with Gasteiger partial charge in [0.1, 0.15) is 0 Å². The molecule has 0 unspecified atom stereocenters. The highest BCUT2D eigenvalue weighted by Gasteiger charge is 2.28. The molecule has 1 aliphatic heterocycles. The van der Waals surface area contributed by atoms with Crippen molar-refractivity contribution in [2.75, 3.05) is 13.1 Å². The summed E-state index contributed by atoms with van der Waals surface area (Å²) in [5, 5.41) is 8.28. The smallest absolute Gasteiger partial charge is 0.252 e. The number of carbonyl (C=O) groups is 1. The van der Waals surface area contributed by atoms with Crippen LogP contribution in [0.15, 0.2) is 42.6 Å². The molecule has 6 nitrogen and oxygen atoms in total. The number of rotatable bonds is 5. The van der Waals surface area contributed by atoms with E-state index in [2.05, 4.69) is 51.5 Å². The Bertz CT molecular complexity index is 981. The van der Waals surface area contributed by atoms with Crippen LogP contribution < -0.4 is 5.32 Å². The number of hydrogen-bond acceptors (Lipinski definition) is 4. The van der Waals surface area contributed by atoms with E-state index in [0.717, 1.165) is 42.8 Å². The Morgan fingerprint density at radius 3 is 2.89 bits per heavy atom. The topological polar surface area (TPSA) is 63.1 Å². The number of hydrogen-bond donors (Lipinski definition) is 1. The maximum absolute atomic E-state index is 13.0. The molecular weight excluding hydrogens is 350 g/mol. The third-order valence-electron chi connectivity index (χ3n) is 5.70. The fraction of sp³-hybridized carbons (Fsp3) is 0.409. The van der Waals surface area contributed by atoms with Crippen LogP contribution in [0.25, 0.3) is 11.0 Å². The van der Waals surface area contributed by atoms with Gasteiger partial charge in [0.2, 0.25) is 0 Å². The number of nitrogens with one attached hydrogen (secondary N) is 1. The van der Waals surface area contributed by atoms with Gasteiger partial charge in [-0.15, -0.1) is 0 Å². The number of benzene rings is 1. The molecule has 3 aromatic rings. The highest BCUT2D eigenvalue weighted by atomic mass is 16.1. The van der Waals surface area contributed by atoms with Crippen molar-refractivity contribution in [2.24, 2.45) is 13.0 Å². The van der Waals surface area contributed by atoms with Crippen molar-refractivity contribution in [2.45, 2.75) is 32.9 Å². The summed E-state index contributed by atoms with van der Waals surface area (Å²) in [6.07, 6.45) is 2.82. The molecule has 0 saturated carbocycles. The number of fused-ring (bicyclic) bond motifs is 1. The van der Waals surface area contributed by atoms with Crippen molar-refractivity contribution >= 4 is 16.9 Å². The monoisotopic (exact) mass is 377 g/mol.